The summed E-state index contributed by atoms with van der Waals surface area (Å²) in [6.07, 6.45) is 2.93. The lowest BCUT2D eigenvalue weighted by atomic mass is 10.0. The minimum absolute atomic E-state index is 0.0906. The van der Waals surface area contributed by atoms with E-state index in [1.807, 2.05) is 0 Å². The predicted molar refractivity (Wildman–Crippen MR) is 76.3 cm³/mol. The summed E-state index contributed by atoms with van der Waals surface area (Å²) in [5.41, 5.74) is 5.48. The van der Waals surface area contributed by atoms with E-state index in [0.717, 1.165) is 26.4 Å². The maximum atomic E-state index is 14.2. The number of benzene rings is 1. The van der Waals surface area contributed by atoms with Crippen LogP contribution >= 0.6 is 0 Å². The van der Waals surface area contributed by atoms with Gasteiger partial charge in [0, 0.05) is 13.1 Å². The van der Waals surface area contributed by atoms with Crippen LogP contribution in [0, 0.1) is 17.6 Å². The number of hydrogen-bond acceptors (Lipinski definition) is 4. The van der Waals surface area contributed by atoms with Crippen molar-refractivity contribution in [1.82, 2.24) is 0 Å². The number of anilines is 1. The van der Waals surface area contributed by atoms with Gasteiger partial charge in [0.25, 0.3) is 0 Å². The van der Waals surface area contributed by atoms with Crippen LogP contribution in [0.3, 0.4) is 0 Å². The molecule has 0 aliphatic heterocycles. The minimum Gasteiger partial charge on any atom is -0.465 e. The van der Waals surface area contributed by atoms with Gasteiger partial charge in [0.1, 0.15) is 0 Å². The number of nitrogens with two attached hydrogens (primary N) is 1. The van der Waals surface area contributed by atoms with Crippen molar-refractivity contribution in [2.75, 3.05) is 25.6 Å². The van der Waals surface area contributed by atoms with Crippen LogP contribution < -0.4 is 10.6 Å². The molecule has 0 spiro atoms. The van der Waals surface area contributed by atoms with Crippen LogP contribution in [0.15, 0.2) is 12.1 Å². The van der Waals surface area contributed by atoms with Gasteiger partial charge in [0.2, 0.25) is 0 Å². The quantitative estimate of drug-likeness (QED) is 0.867. The average molecular weight is 298 g/mol. The molecule has 6 heteroatoms. The van der Waals surface area contributed by atoms with E-state index in [9.17, 15) is 13.6 Å². The van der Waals surface area contributed by atoms with Gasteiger partial charge in [0.05, 0.1) is 18.4 Å². The van der Waals surface area contributed by atoms with Crippen LogP contribution in [-0.4, -0.2) is 32.7 Å². The Morgan fingerprint density at radius 2 is 2.10 bits per heavy atom. The zero-order valence-corrected chi connectivity index (χ0v) is 12.2. The van der Waals surface area contributed by atoms with Gasteiger partial charge in [-0.15, -0.1) is 0 Å². The Hall–Kier alpha value is -1.69. The first-order chi connectivity index (χ1) is 10.0. The molecule has 2 N–H and O–H groups in total. The van der Waals surface area contributed by atoms with Crippen molar-refractivity contribution in [2.45, 2.75) is 25.3 Å². The van der Waals surface area contributed by atoms with Gasteiger partial charge in [-0.25, -0.2) is 13.6 Å². The van der Waals surface area contributed by atoms with Crippen molar-refractivity contribution in [2.24, 2.45) is 11.7 Å². The number of ether oxygens (including phenoxy) is 1. The summed E-state index contributed by atoms with van der Waals surface area (Å²) in [6.45, 7) is 0.527. The highest BCUT2D eigenvalue weighted by molar-refractivity contribution is 5.90. The lowest BCUT2D eigenvalue weighted by molar-refractivity contribution is 0.0594. The fraction of sp³-hybridized carbons (Fsp3) is 0.533. The largest absolute Gasteiger partial charge is 0.465 e. The Morgan fingerprint density at radius 1 is 1.38 bits per heavy atom. The molecule has 0 amide bonds. The van der Waals surface area contributed by atoms with E-state index in [-0.39, 0.29) is 17.6 Å². The molecule has 1 aliphatic carbocycles. The Bertz CT molecular complexity index is 537. The first kappa shape index (κ1) is 15.7. The van der Waals surface area contributed by atoms with Crippen LogP contribution in [0.2, 0.25) is 0 Å². The van der Waals surface area contributed by atoms with Crippen molar-refractivity contribution < 1.29 is 18.3 Å². The molecule has 2 rings (SSSR count). The van der Waals surface area contributed by atoms with Gasteiger partial charge in [-0.05, 0) is 37.4 Å². The lowest BCUT2D eigenvalue weighted by Crippen LogP contribution is -2.38. The Labute approximate surface area is 122 Å². The zero-order valence-electron chi connectivity index (χ0n) is 12.2. The summed E-state index contributed by atoms with van der Waals surface area (Å²) in [7, 11) is 2.86. The van der Waals surface area contributed by atoms with Gasteiger partial charge in [-0.2, -0.15) is 0 Å². The maximum absolute atomic E-state index is 14.2. The summed E-state index contributed by atoms with van der Waals surface area (Å²) >= 11 is 0. The smallest absolute Gasteiger partial charge is 0.340 e. The monoisotopic (exact) mass is 298 g/mol. The third-order valence-corrected chi connectivity index (χ3v) is 4.27. The van der Waals surface area contributed by atoms with Gasteiger partial charge in [0.15, 0.2) is 11.6 Å². The number of rotatable bonds is 4. The zero-order chi connectivity index (χ0) is 15.6. The molecule has 0 heterocycles. The number of methoxy groups -OCH3 is 1. The Kier molecular flexibility index (Phi) is 4.77. The van der Waals surface area contributed by atoms with Crippen molar-refractivity contribution in [3.63, 3.8) is 0 Å². The van der Waals surface area contributed by atoms with E-state index in [1.54, 1.807) is 11.9 Å². The minimum atomic E-state index is -1.17. The highest BCUT2D eigenvalue weighted by atomic mass is 19.2. The molecule has 0 radical (unpaired) electrons. The van der Waals surface area contributed by atoms with Gasteiger partial charge in [-0.1, -0.05) is 6.42 Å². The van der Waals surface area contributed by atoms with Crippen LogP contribution in [0.4, 0.5) is 14.5 Å². The fourth-order valence-corrected chi connectivity index (χ4v) is 3.06. The molecule has 21 heavy (non-hydrogen) atoms. The highest BCUT2D eigenvalue weighted by Crippen LogP contribution is 2.33. The molecule has 0 bridgehead atoms. The number of nitrogens with zero attached hydrogens (tertiary/aromatic N) is 1. The van der Waals surface area contributed by atoms with Gasteiger partial charge in [-0.3, -0.25) is 0 Å². The summed E-state index contributed by atoms with van der Waals surface area (Å²) in [4.78, 5) is 13.1. The van der Waals surface area contributed by atoms with E-state index in [0.29, 0.717) is 6.54 Å². The van der Waals surface area contributed by atoms with E-state index < -0.39 is 23.2 Å². The SMILES string of the molecule is COC(=O)c1ccc(N(C)C2CCCC2CN)c(F)c1F. The van der Waals surface area contributed by atoms with E-state index in [2.05, 4.69) is 4.74 Å². The molecule has 1 aromatic rings. The Balaban J connectivity index is 2.32. The van der Waals surface area contributed by atoms with Crippen molar-refractivity contribution in [1.29, 1.82) is 0 Å². The first-order valence-corrected chi connectivity index (χ1v) is 7.00. The van der Waals surface area contributed by atoms with E-state index >= 15 is 0 Å². The number of carbonyl (C=O) groups is 1. The number of carbonyl (C=O) groups excluding carboxylic acids is 1. The standard InChI is InChI=1S/C15H20F2N2O2/c1-19(11-5-3-4-9(11)8-18)12-7-6-10(15(20)21-2)13(16)14(12)17/h6-7,9,11H,3-5,8,18H2,1-2H3. The summed E-state index contributed by atoms with van der Waals surface area (Å²) in [6, 6.07) is 2.76. The van der Waals surface area contributed by atoms with Gasteiger partial charge >= 0.3 is 5.97 Å². The molecule has 116 valence electrons. The fourth-order valence-electron chi connectivity index (χ4n) is 3.06. The second-order valence-corrected chi connectivity index (χ2v) is 5.36. The van der Waals surface area contributed by atoms with Crippen LogP contribution in [-0.2, 0) is 4.74 Å². The second-order valence-electron chi connectivity index (χ2n) is 5.36. The molecule has 1 aromatic carbocycles. The highest BCUT2D eigenvalue weighted by Gasteiger charge is 2.31. The molecular formula is C15H20F2N2O2. The topological polar surface area (TPSA) is 55.6 Å². The van der Waals surface area contributed by atoms with Gasteiger partial charge < -0.3 is 15.4 Å². The van der Waals surface area contributed by atoms with E-state index in [4.69, 9.17) is 5.73 Å². The van der Waals surface area contributed by atoms with Crippen LogP contribution in [0.5, 0.6) is 0 Å². The van der Waals surface area contributed by atoms with Crippen molar-refractivity contribution >= 4 is 11.7 Å². The molecule has 0 aromatic heterocycles. The predicted octanol–water partition coefficient (Wildman–Crippen LogP) is 2.31. The molecule has 2 atom stereocenters. The molecular weight excluding hydrogens is 278 g/mol. The molecule has 0 saturated heterocycles. The summed E-state index contributed by atoms with van der Waals surface area (Å²) in [5.74, 6) is -2.81. The van der Waals surface area contributed by atoms with E-state index in [1.165, 1.54) is 12.1 Å². The third kappa shape index (κ3) is 2.85. The molecule has 4 nitrogen and oxygen atoms in total. The first-order valence-electron chi connectivity index (χ1n) is 7.00. The summed E-state index contributed by atoms with van der Waals surface area (Å²) in [5, 5.41) is 0. The lowest BCUT2D eigenvalue weighted by Gasteiger charge is -2.31. The molecule has 2 unspecified atom stereocenters. The van der Waals surface area contributed by atoms with Crippen LogP contribution in [0.25, 0.3) is 0 Å². The number of hydrogen-bond donors (Lipinski definition) is 1. The van der Waals surface area contributed by atoms with Crippen LogP contribution in [0.1, 0.15) is 29.6 Å². The molecule has 1 aliphatic rings. The maximum Gasteiger partial charge on any atom is 0.340 e. The third-order valence-electron chi connectivity index (χ3n) is 4.27. The molecule has 1 fully saturated rings. The Morgan fingerprint density at radius 3 is 2.71 bits per heavy atom. The summed E-state index contributed by atoms with van der Waals surface area (Å²) < 4.78 is 32.7. The number of esters is 1. The molecule has 1 saturated carbocycles. The normalized spacial score (nSPS) is 21.4. The second kappa shape index (κ2) is 6.39. The average Bonchev–Trinajstić information content (AvgIpc) is 2.97. The van der Waals surface area contributed by atoms with Crippen molar-refractivity contribution in [3.8, 4) is 0 Å². The number of halogens is 2. The van der Waals surface area contributed by atoms with Crippen molar-refractivity contribution in [3.05, 3.63) is 29.3 Å².